The van der Waals surface area contributed by atoms with Crippen LogP contribution in [-0.2, 0) is 11.2 Å². The van der Waals surface area contributed by atoms with Crippen molar-refractivity contribution in [1.82, 2.24) is 10.3 Å². The molecule has 1 heterocycles. The van der Waals surface area contributed by atoms with Crippen LogP contribution >= 0.6 is 23.8 Å². The summed E-state index contributed by atoms with van der Waals surface area (Å²) in [6, 6.07) is 16.9. The SMILES string of the molecule is Cc1ccc2cccc(NC(=S)NC(=O)Cc3ccc(Cl)cc3)c2n1. The molecule has 0 spiro atoms. The second-order valence-corrected chi connectivity index (χ2v) is 6.48. The van der Waals surface area contributed by atoms with Gasteiger partial charge in [0.25, 0.3) is 0 Å². The van der Waals surface area contributed by atoms with Crippen LogP contribution in [0.5, 0.6) is 0 Å². The van der Waals surface area contributed by atoms with Crippen LogP contribution in [0.1, 0.15) is 11.3 Å². The standard InChI is InChI=1S/C19H16ClN3OS/c1-12-5-8-14-3-2-4-16(18(14)21-12)22-19(25)23-17(24)11-13-6-9-15(20)10-7-13/h2-10H,11H2,1H3,(H2,22,23,24,25). The lowest BCUT2D eigenvalue weighted by atomic mass is 10.1. The lowest BCUT2D eigenvalue weighted by molar-refractivity contribution is -0.119. The second-order valence-electron chi connectivity index (χ2n) is 5.64. The van der Waals surface area contributed by atoms with Crippen molar-refractivity contribution >= 4 is 51.4 Å². The van der Waals surface area contributed by atoms with E-state index in [1.54, 1.807) is 12.1 Å². The zero-order valence-corrected chi connectivity index (χ0v) is 15.1. The molecule has 0 radical (unpaired) electrons. The number of benzene rings is 2. The van der Waals surface area contributed by atoms with E-state index in [2.05, 4.69) is 15.6 Å². The van der Waals surface area contributed by atoms with E-state index < -0.39 is 0 Å². The smallest absolute Gasteiger partial charge is 0.230 e. The van der Waals surface area contributed by atoms with Crippen LogP contribution in [-0.4, -0.2) is 16.0 Å². The first-order valence-corrected chi connectivity index (χ1v) is 8.51. The summed E-state index contributed by atoms with van der Waals surface area (Å²) in [4.78, 5) is 16.7. The topological polar surface area (TPSA) is 54.0 Å². The Hall–Kier alpha value is -2.50. The third-order valence-electron chi connectivity index (χ3n) is 3.64. The van der Waals surface area contributed by atoms with Crippen molar-refractivity contribution < 1.29 is 4.79 Å². The van der Waals surface area contributed by atoms with Gasteiger partial charge in [0.15, 0.2) is 5.11 Å². The first kappa shape index (κ1) is 17.3. The van der Waals surface area contributed by atoms with Gasteiger partial charge < -0.3 is 10.6 Å². The van der Waals surface area contributed by atoms with Crippen molar-refractivity contribution in [2.24, 2.45) is 0 Å². The molecule has 0 aliphatic heterocycles. The number of amides is 1. The van der Waals surface area contributed by atoms with Gasteiger partial charge in [0.05, 0.1) is 17.6 Å². The molecule has 4 nitrogen and oxygen atoms in total. The van der Waals surface area contributed by atoms with Crippen LogP contribution < -0.4 is 10.6 Å². The van der Waals surface area contributed by atoms with Crippen molar-refractivity contribution in [3.8, 4) is 0 Å². The monoisotopic (exact) mass is 369 g/mol. The zero-order chi connectivity index (χ0) is 17.8. The van der Waals surface area contributed by atoms with Crippen LogP contribution in [0.4, 0.5) is 5.69 Å². The Morgan fingerprint density at radius 3 is 2.64 bits per heavy atom. The molecule has 3 aromatic rings. The van der Waals surface area contributed by atoms with Gasteiger partial charge in [0.2, 0.25) is 5.91 Å². The highest BCUT2D eigenvalue weighted by Gasteiger charge is 2.09. The molecule has 0 bridgehead atoms. The fraction of sp³-hybridized carbons (Fsp3) is 0.105. The number of rotatable bonds is 3. The molecule has 0 saturated carbocycles. The summed E-state index contributed by atoms with van der Waals surface area (Å²) < 4.78 is 0. The van der Waals surface area contributed by atoms with Crippen molar-refractivity contribution in [3.05, 3.63) is 70.9 Å². The number of halogens is 1. The molecule has 0 aliphatic rings. The van der Waals surface area contributed by atoms with E-state index in [1.807, 2.05) is 49.4 Å². The van der Waals surface area contributed by atoms with E-state index in [-0.39, 0.29) is 17.4 Å². The largest absolute Gasteiger partial charge is 0.331 e. The number of carbonyl (C=O) groups excluding carboxylic acids is 1. The maximum atomic E-state index is 12.1. The van der Waals surface area contributed by atoms with Gasteiger partial charge in [0.1, 0.15) is 0 Å². The fourth-order valence-corrected chi connectivity index (χ4v) is 2.81. The number of nitrogens with one attached hydrogen (secondary N) is 2. The van der Waals surface area contributed by atoms with Gasteiger partial charge in [-0.25, -0.2) is 0 Å². The molecule has 6 heteroatoms. The lowest BCUT2D eigenvalue weighted by Gasteiger charge is -2.12. The minimum absolute atomic E-state index is 0.191. The molecule has 2 aromatic carbocycles. The number of hydrogen-bond donors (Lipinski definition) is 2. The Morgan fingerprint density at radius 1 is 1.12 bits per heavy atom. The van der Waals surface area contributed by atoms with Crippen molar-refractivity contribution in [1.29, 1.82) is 0 Å². The van der Waals surface area contributed by atoms with E-state index in [9.17, 15) is 4.79 Å². The first-order valence-electron chi connectivity index (χ1n) is 7.73. The van der Waals surface area contributed by atoms with E-state index >= 15 is 0 Å². The van der Waals surface area contributed by atoms with E-state index in [4.69, 9.17) is 23.8 Å². The van der Waals surface area contributed by atoms with Crippen LogP contribution in [0.25, 0.3) is 10.9 Å². The first-order chi connectivity index (χ1) is 12.0. The highest BCUT2D eigenvalue weighted by Crippen LogP contribution is 2.21. The molecular weight excluding hydrogens is 354 g/mol. The second kappa shape index (κ2) is 7.59. The highest BCUT2D eigenvalue weighted by molar-refractivity contribution is 7.80. The van der Waals surface area contributed by atoms with Gasteiger partial charge in [-0.05, 0) is 49.0 Å². The van der Waals surface area contributed by atoms with Gasteiger partial charge in [-0.1, -0.05) is 41.9 Å². The Balaban J connectivity index is 1.67. The average molecular weight is 370 g/mol. The lowest BCUT2D eigenvalue weighted by Crippen LogP contribution is -2.35. The molecule has 0 saturated heterocycles. The van der Waals surface area contributed by atoms with Crippen LogP contribution in [0.15, 0.2) is 54.6 Å². The molecule has 2 N–H and O–H groups in total. The van der Waals surface area contributed by atoms with Gasteiger partial charge in [-0.2, -0.15) is 0 Å². The van der Waals surface area contributed by atoms with Crippen molar-refractivity contribution in [2.45, 2.75) is 13.3 Å². The number of nitrogens with zero attached hydrogens (tertiary/aromatic N) is 1. The summed E-state index contributed by atoms with van der Waals surface area (Å²) in [7, 11) is 0. The molecule has 0 fully saturated rings. The van der Waals surface area contributed by atoms with Gasteiger partial charge in [0, 0.05) is 16.1 Å². The van der Waals surface area contributed by atoms with Crippen LogP contribution in [0.2, 0.25) is 5.02 Å². The van der Waals surface area contributed by atoms with Crippen LogP contribution in [0.3, 0.4) is 0 Å². The summed E-state index contributed by atoms with van der Waals surface area (Å²) in [5.74, 6) is -0.191. The molecule has 25 heavy (non-hydrogen) atoms. The Bertz CT molecular complexity index is 941. The number of para-hydroxylation sites is 1. The summed E-state index contributed by atoms with van der Waals surface area (Å²) in [6.07, 6.45) is 0.228. The zero-order valence-electron chi connectivity index (χ0n) is 13.5. The maximum Gasteiger partial charge on any atom is 0.230 e. The molecule has 0 aliphatic carbocycles. The summed E-state index contributed by atoms with van der Waals surface area (Å²) in [5.41, 5.74) is 3.36. The number of hydrogen-bond acceptors (Lipinski definition) is 3. The van der Waals surface area contributed by atoms with Crippen molar-refractivity contribution in [3.63, 3.8) is 0 Å². The summed E-state index contributed by atoms with van der Waals surface area (Å²) >= 11 is 11.1. The third-order valence-corrected chi connectivity index (χ3v) is 4.09. The number of fused-ring (bicyclic) bond motifs is 1. The molecule has 1 aromatic heterocycles. The molecule has 126 valence electrons. The predicted octanol–water partition coefficient (Wildman–Crippen LogP) is 4.25. The molecular formula is C19H16ClN3OS. The number of aromatic nitrogens is 1. The van der Waals surface area contributed by atoms with Crippen LogP contribution in [0, 0.1) is 6.92 Å². The summed E-state index contributed by atoms with van der Waals surface area (Å²) in [5, 5.41) is 7.63. The fourth-order valence-electron chi connectivity index (χ4n) is 2.46. The Morgan fingerprint density at radius 2 is 1.88 bits per heavy atom. The average Bonchev–Trinajstić information content (AvgIpc) is 2.57. The highest BCUT2D eigenvalue weighted by atomic mass is 35.5. The normalized spacial score (nSPS) is 10.5. The van der Waals surface area contributed by atoms with Crippen molar-refractivity contribution in [2.75, 3.05) is 5.32 Å². The summed E-state index contributed by atoms with van der Waals surface area (Å²) in [6.45, 7) is 1.93. The van der Waals surface area contributed by atoms with Gasteiger partial charge in [-0.15, -0.1) is 0 Å². The van der Waals surface area contributed by atoms with E-state index in [1.165, 1.54) is 0 Å². The van der Waals surface area contributed by atoms with Gasteiger partial charge >= 0.3 is 0 Å². The van der Waals surface area contributed by atoms with E-state index in [0.29, 0.717) is 5.02 Å². The number of pyridine rings is 1. The minimum Gasteiger partial charge on any atom is -0.331 e. The number of aryl methyl sites for hydroxylation is 1. The molecule has 1 amide bonds. The minimum atomic E-state index is -0.191. The quantitative estimate of drug-likeness (QED) is 0.677. The Labute approximate surface area is 156 Å². The number of anilines is 1. The van der Waals surface area contributed by atoms with E-state index in [0.717, 1.165) is 27.8 Å². The maximum absolute atomic E-state index is 12.1. The molecule has 0 atom stereocenters. The number of thiocarbonyl (C=S) groups is 1. The van der Waals surface area contributed by atoms with Gasteiger partial charge in [-0.3, -0.25) is 9.78 Å². The Kier molecular flexibility index (Phi) is 5.26. The molecule has 0 unspecified atom stereocenters. The predicted molar refractivity (Wildman–Crippen MR) is 106 cm³/mol. The third kappa shape index (κ3) is 4.53. The number of carbonyl (C=O) groups is 1. The molecule has 3 rings (SSSR count).